The van der Waals surface area contributed by atoms with Gasteiger partial charge in [-0.2, -0.15) is 0 Å². The maximum absolute atomic E-state index is 12.7. The van der Waals surface area contributed by atoms with Crippen molar-refractivity contribution in [3.63, 3.8) is 0 Å². The Bertz CT molecular complexity index is 607. The molecular formula is C18H29N3O3S. The first-order valence-electron chi connectivity index (χ1n) is 8.85. The van der Waals surface area contributed by atoms with Gasteiger partial charge in [0, 0.05) is 31.6 Å². The minimum atomic E-state index is -0.282. The summed E-state index contributed by atoms with van der Waals surface area (Å²) in [6.07, 6.45) is 2.15. The number of hydrogen-bond acceptors (Lipinski definition) is 5. The highest BCUT2D eigenvalue weighted by molar-refractivity contribution is 7.13. The lowest BCUT2D eigenvalue weighted by Gasteiger charge is -2.21. The molecular weight excluding hydrogens is 338 g/mol. The van der Waals surface area contributed by atoms with Gasteiger partial charge in [0.25, 0.3) is 5.91 Å². The van der Waals surface area contributed by atoms with E-state index in [0.717, 1.165) is 11.4 Å². The molecule has 1 aromatic heterocycles. The predicted octanol–water partition coefficient (Wildman–Crippen LogP) is 3.38. The van der Waals surface area contributed by atoms with Crippen LogP contribution in [-0.4, -0.2) is 59.6 Å². The quantitative estimate of drug-likeness (QED) is 0.822. The van der Waals surface area contributed by atoms with Gasteiger partial charge >= 0.3 is 6.09 Å². The molecule has 1 aliphatic heterocycles. The van der Waals surface area contributed by atoms with Crippen LogP contribution in [-0.2, 0) is 10.2 Å². The average molecular weight is 368 g/mol. The first-order valence-corrected chi connectivity index (χ1v) is 9.67. The van der Waals surface area contributed by atoms with Crippen LogP contribution in [0, 0.1) is 5.92 Å². The molecule has 1 aliphatic rings. The molecule has 2 amide bonds. The molecule has 140 valence electrons. The molecule has 1 saturated heterocycles. The number of hydrogen-bond donors (Lipinski definition) is 0. The Kier molecular flexibility index (Phi) is 6.43. The van der Waals surface area contributed by atoms with Gasteiger partial charge in [0.1, 0.15) is 4.88 Å². The number of ether oxygens (including phenoxy) is 1. The second-order valence-electron chi connectivity index (χ2n) is 7.88. The van der Waals surface area contributed by atoms with E-state index in [9.17, 15) is 9.59 Å². The van der Waals surface area contributed by atoms with Crippen LogP contribution in [0.1, 0.15) is 55.7 Å². The summed E-state index contributed by atoms with van der Waals surface area (Å²) in [7, 11) is 0. The third-order valence-electron chi connectivity index (χ3n) is 3.94. The van der Waals surface area contributed by atoms with Crippen molar-refractivity contribution in [1.29, 1.82) is 0 Å². The topological polar surface area (TPSA) is 62.7 Å². The first-order chi connectivity index (χ1) is 11.7. The number of rotatable bonds is 3. The van der Waals surface area contributed by atoms with Gasteiger partial charge in [-0.05, 0) is 12.3 Å². The summed E-state index contributed by atoms with van der Waals surface area (Å²) in [4.78, 5) is 33.4. The second-order valence-corrected chi connectivity index (χ2v) is 8.91. The van der Waals surface area contributed by atoms with E-state index in [1.54, 1.807) is 11.1 Å². The summed E-state index contributed by atoms with van der Waals surface area (Å²) in [5.41, 5.74) is -0.0566. The fourth-order valence-electron chi connectivity index (χ4n) is 2.51. The monoisotopic (exact) mass is 367 g/mol. The van der Waals surface area contributed by atoms with Crippen LogP contribution in [0.15, 0.2) is 6.20 Å². The molecule has 0 spiro atoms. The van der Waals surface area contributed by atoms with Crippen molar-refractivity contribution in [1.82, 2.24) is 14.8 Å². The average Bonchev–Trinajstić information content (AvgIpc) is 2.91. The van der Waals surface area contributed by atoms with Gasteiger partial charge in [0.05, 0.1) is 17.8 Å². The van der Waals surface area contributed by atoms with Gasteiger partial charge in [-0.25, -0.2) is 9.78 Å². The molecule has 6 nitrogen and oxygen atoms in total. The minimum absolute atomic E-state index is 0.00500. The Hall–Kier alpha value is -1.63. The Labute approximate surface area is 154 Å². The third-order valence-corrected chi connectivity index (χ3v) is 5.35. The lowest BCUT2D eigenvalue weighted by Crippen LogP contribution is -2.37. The van der Waals surface area contributed by atoms with Crippen molar-refractivity contribution < 1.29 is 14.3 Å². The maximum Gasteiger partial charge on any atom is 0.409 e. The standard InChI is InChI=1S/C18H29N3O3S/c1-13(2)12-24-17(23)21-8-6-7-20(9-10-21)15(22)14-11-19-16(25-14)18(3,4)5/h11,13H,6-10,12H2,1-5H3. The Morgan fingerprint density at radius 1 is 1.20 bits per heavy atom. The smallest absolute Gasteiger partial charge is 0.409 e. The highest BCUT2D eigenvalue weighted by Crippen LogP contribution is 2.27. The lowest BCUT2D eigenvalue weighted by atomic mass is 9.98. The van der Waals surface area contributed by atoms with Gasteiger partial charge in [-0.3, -0.25) is 4.79 Å². The van der Waals surface area contributed by atoms with E-state index in [-0.39, 0.29) is 17.4 Å². The van der Waals surface area contributed by atoms with Crippen LogP contribution in [0.25, 0.3) is 0 Å². The summed E-state index contributed by atoms with van der Waals surface area (Å²) < 4.78 is 5.30. The summed E-state index contributed by atoms with van der Waals surface area (Å²) in [5.74, 6) is 0.322. The van der Waals surface area contributed by atoms with E-state index in [0.29, 0.717) is 43.6 Å². The molecule has 1 fully saturated rings. The first kappa shape index (κ1) is 19.7. The van der Waals surface area contributed by atoms with E-state index in [4.69, 9.17) is 4.74 Å². The van der Waals surface area contributed by atoms with E-state index in [1.165, 1.54) is 11.3 Å². The van der Waals surface area contributed by atoms with Crippen LogP contribution in [0.5, 0.6) is 0 Å². The molecule has 0 N–H and O–H groups in total. The molecule has 0 aliphatic carbocycles. The summed E-state index contributed by atoms with van der Waals surface area (Å²) >= 11 is 1.46. The lowest BCUT2D eigenvalue weighted by molar-refractivity contribution is 0.0750. The number of carbonyl (C=O) groups is 2. The number of carbonyl (C=O) groups excluding carboxylic acids is 2. The number of amides is 2. The highest BCUT2D eigenvalue weighted by Gasteiger charge is 2.26. The van der Waals surface area contributed by atoms with Crippen molar-refractivity contribution in [2.45, 2.75) is 46.5 Å². The van der Waals surface area contributed by atoms with E-state index < -0.39 is 0 Å². The van der Waals surface area contributed by atoms with Crippen LogP contribution in [0.4, 0.5) is 4.79 Å². The molecule has 1 aromatic rings. The summed E-state index contributed by atoms with van der Waals surface area (Å²) in [6.45, 7) is 13.0. The van der Waals surface area contributed by atoms with E-state index in [1.807, 2.05) is 18.7 Å². The molecule has 0 radical (unpaired) electrons. The number of nitrogens with zero attached hydrogens (tertiary/aromatic N) is 3. The molecule has 0 aromatic carbocycles. The van der Waals surface area contributed by atoms with E-state index in [2.05, 4.69) is 25.8 Å². The van der Waals surface area contributed by atoms with Crippen LogP contribution in [0.3, 0.4) is 0 Å². The van der Waals surface area contributed by atoms with Gasteiger partial charge in [-0.15, -0.1) is 11.3 Å². The van der Waals surface area contributed by atoms with Gasteiger partial charge in [0.2, 0.25) is 0 Å². The second kappa shape index (κ2) is 8.17. The number of aromatic nitrogens is 1. The third kappa shape index (κ3) is 5.42. The Morgan fingerprint density at radius 2 is 1.84 bits per heavy atom. The SMILES string of the molecule is CC(C)COC(=O)N1CCCN(C(=O)c2cnc(C(C)(C)C)s2)CC1. The van der Waals surface area contributed by atoms with Gasteiger partial charge in [0.15, 0.2) is 0 Å². The zero-order valence-electron chi connectivity index (χ0n) is 15.9. The highest BCUT2D eigenvalue weighted by atomic mass is 32.1. The predicted molar refractivity (Wildman–Crippen MR) is 99.1 cm³/mol. The molecule has 2 heterocycles. The molecule has 0 unspecified atom stereocenters. The Balaban J connectivity index is 1.95. The van der Waals surface area contributed by atoms with Gasteiger partial charge < -0.3 is 14.5 Å². The van der Waals surface area contributed by atoms with Crippen molar-refractivity contribution in [3.8, 4) is 0 Å². The molecule has 2 rings (SSSR count). The van der Waals surface area contributed by atoms with Crippen molar-refractivity contribution in [2.75, 3.05) is 32.8 Å². The fourth-order valence-corrected chi connectivity index (χ4v) is 3.45. The molecule has 0 saturated carbocycles. The minimum Gasteiger partial charge on any atom is -0.449 e. The van der Waals surface area contributed by atoms with Crippen molar-refractivity contribution in [2.24, 2.45) is 5.92 Å². The summed E-state index contributed by atoms with van der Waals surface area (Å²) in [6, 6.07) is 0. The summed E-state index contributed by atoms with van der Waals surface area (Å²) in [5, 5.41) is 0.963. The van der Waals surface area contributed by atoms with Crippen LogP contribution < -0.4 is 0 Å². The fraction of sp³-hybridized carbons (Fsp3) is 0.722. The zero-order valence-corrected chi connectivity index (χ0v) is 16.7. The normalized spacial score (nSPS) is 16.1. The van der Waals surface area contributed by atoms with Gasteiger partial charge in [-0.1, -0.05) is 34.6 Å². The zero-order chi connectivity index (χ0) is 18.6. The molecule has 7 heteroatoms. The molecule has 25 heavy (non-hydrogen) atoms. The van der Waals surface area contributed by atoms with Crippen molar-refractivity contribution >= 4 is 23.3 Å². The van der Waals surface area contributed by atoms with Crippen LogP contribution >= 0.6 is 11.3 Å². The van der Waals surface area contributed by atoms with Crippen molar-refractivity contribution in [3.05, 3.63) is 16.1 Å². The molecule has 0 bridgehead atoms. The molecule has 0 atom stereocenters. The van der Waals surface area contributed by atoms with Crippen LogP contribution in [0.2, 0.25) is 0 Å². The van der Waals surface area contributed by atoms with E-state index >= 15 is 0 Å². The maximum atomic E-state index is 12.7. The largest absolute Gasteiger partial charge is 0.449 e. The Morgan fingerprint density at radius 3 is 2.44 bits per heavy atom. The number of thiazole rings is 1.